The molecule has 0 saturated heterocycles. The van der Waals surface area contributed by atoms with Crippen LogP contribution in [0.1, 0.15) is 18.1 Å². The molecule has 6 nitrogen and oxygen atoms in total. The second kappa shape index (κ2) is 6.81. The second-order valence-corrected chi connectivity index (χ2v) is 4.56. The molecular weight excluding hydrogens is 270 g/mol. The van der Waals surface area contributed by atoms with Crippen molar-refractivity contribution in [3.8, 4) is 11.6 Å². The summed E-state index contributed by atoms with van der Waals surface area (Å²) >= 11 is 0. The molecule has 0 atom stereocenters. The van der Waals surface area contributed by atoms with Crippen molar-refractivity contribution in [2.75, 3.05) is 6.54 Å². The van der Waals surface area contributed by atoms with E-state index in [9.17, 15) is 10.1 Å². The van der Waals surface area contributed by atoms with Gasteiger partial charge in [0.05, 0.1) is 4.92 Å². The van der Waals surface area contributed by atoms with Gasteiger partial charge in [-0.1, -0.05) is 13.0 Å². The first-order chi connectivity index (χ1) is 10.1. The molecule has 0 bridgehead atoms. The predicted molar refractivity (Wildman–Crippen MR) is 79.5 cm³/mol. The van der Waals surface area contributed by atoms with Crippen molar-refractivity contribution in [2.24, 2.45) is 0 Å². The van der Waals surface area contributed by atoms with Gasteiger partial charge in [-0.2, -0.15) is 0 Å². The molecule has 2 aromatic rings. The average molecular weight is 287 g/mol. The van der Waals surface area contributed by atoms with E-state index in [1.165, 1.54) is 12.1 Å². The van der Waals surface area contributed by atoms with Gasteiger partial charge in [-0.15, -0.1) is 0 Å². The maximum absolute atomic E-state index is 10.7. The van der Waals surface area contributed by atoms with Crippen molar-refractivity contribution >= 4 is 5.69 Å². The number of nitrogens with one attached hydrogen (secondary N) is 1. The Labute approximate surface area is 122 Å². The van der Waals surface area contributed by atoms with Crippen molar-refractivity contribution in [3.63, 3.8) is 0 Å². The highest BCUT2D eigenvalue weighted by atomic mass is 16.6. The Balaban J connectivity index is 2.24. The van der Waals surface area contributed by atoms with Crippen LogP contribution >= 0.6 is 0 Å². The SMILES string of the molecule is CCNCc1cccnc1Oc1ccc([N+](=O)[O-])cc1C. The summed E-state index contributed by atoms with van der Waals surface area (Å²) in [4.78, 5) is 14.5. The fourth-order valence-corrected chi connectivity index (χ4v) is 1.88. The summed E-state index contributed by atoms with van der Waals surface area (Å²) in [6.07, 6.45) is 1.66. The third-order valence-electron chi connectivity index (χ3n) is 2.99. The highest BCUT2D eigenvalue weighted by Crippen LogP contribution is 2.28. The Morgan fingerprint density at radius 3 is 2.86 bits per heavy atom. The summed E-state index contributed by atoms with van der Waals surface area (Å²) in [5.41, 5.74) is 1.69. The third-order valence-corrected chi connectivity index (χ3v) is 2.99. The van der Waals surface area contributed by atoms with E-state index in [4.69, 9.17) is 4.74 Å². The first kappa shape index (κ1) is 14.9. The van der Waals surface area contributed by atoms with Gasteiger partial charge < -0.3 is 10.1 Å². The largest absolute Gasteiger partial charge is 0.438 e. The van der Waals surface area contributed by atoms with Gasteiger partial charge in [-0.3, -0.25) is 10.1 Å². The van der Waals surface area contributed by atoms with Crippen LogP contribution in [0.3, 0.4) is 0 Å². The minimum absolute atomic E-state index is 0.0498. The molecular formula is C15H17N3O3. The van der Waals surface area contributed by atoms with E-state index in [-0.39, 0.29) is 5.69 Å². The van der Waals surface area contributed by atoms with Crippen molar-refractivity contribution in [1.82, 2.24) is 10.3 Å². The number of nitro benzene ring substituents is 1. The van der Waals surface area contributed by atoms with Crippen molar-refractivity contribution in [2.45, 2.75) is 20.4 Å². The zero-order valence-electron chi connectivity index (χ0n) is 12.0. The Hall–Kier alpha value is -2.47. The molecule has 0 radical (unpaired) electrons. The van der Waals surface area contributed by atoms with Crippen LogP contribution in [-0.2, 0) is 6.54 Å². The van der Waals surface area contributed by atoms with Crippen LogP contribution in [0, 0.1) is 17.0 Å². The maximum atomic E-state index is 10.7. The highest BCUT2D eigenvalue weighted by molar-refractivity contribution is 5.45. The quantitative estimate of drug-likeness (QED) is 0.652. The lowest BCUT2D eigenvalue weighted by molar-refractivity contribution is -0.384. The predicted octanol–water partition coefficient (Wildman–Crippen LogP) is 3.20. The molecule has 0 aliphatic rings. The van der Waals surface area contributed by atoms with Crippen molar-refractivity contribution in [3.05, 3.63) is 57.8 Å². The van der Waals surface area contributed by atoms with Crippen LogP contribution < -0.4 is 10.1 Å². The van der Waals surface area contributed by atoms with E-state index in [2.05, 4.69) is 10.3 Å². The maximum Gasteiger partial charge on any atom is 0.269 e. The van der Waals surface area contributed by atoms with Crippen LogP contribution in [0.4, 0.5) is 5.69 Å². The lowest BCUT2D eigenvalue weighted by Crippen LogP contribution is -2.12. The van der Waals surface area contributed by atoms with Gasteiger partial charge in [0.2, 0.25) is 5.88 Å². The summed E-state index contributed by atoms with van der Waals surface area (Å²) in [6, 6.07) is 8.30. The molecule has 0 aliphatic heterocycles. The summed E-state index contributed by atoms with van der Waals surface area (Å²) in [5, 5.41) is 14.0. The van der Waals surface area contributed by atoms with Crippen LogP contribution in [0.5, 0.6) is 11.6 Å². The minimum atomic E-state index is -0.422. The van der Waals surface area contributed by atoms with E-state index in [1.807, 2.05) is 19.1 Å². The third kappa shape index (κ3) is 3.76. The zero-order valence-corrected chi connectivity index (χ0v) is 12.0. The second-order valence-electron chi connectivity index (χ2n) is 4.56. The lowest BCUT2D eigenvalue weighted by atomic mass is 10.2. The molecule has 21 heavy (non-hydrogen) atoms. The van der Waals surface area contributed by atoms with Crippen LogP contribution in [-0.4, -0.2) is 16.5 Å². The Bertz CT molecular complexity index is 644. The molecule has 6 heteroatoms. The van der Waals surface area contributed by atoms with Crippen LogP contribution in [0.2, 0.25) is 0 Å². The number of ether oxygens (including phenoxy) is 1. The summed E-state index contributed by atoms with van der Waals surface area (Å²) < 4.78 is 5.80. The van der Waals surface area contributed by atoms with Crippen molar-refractivity contribution < 1.29 is 9.66 Å². The van der Waals surface area contributed by atoms with Gasteiger partial charge in [-0.25, -0.2) is 4.98 Å². The average Bonchev–Trinajstić information content (AvgIpc) is 2.48. The highest BCUT2D eigenvalue weighted by Gasteiger charge is 2.11. The molecule has 1 heterocycles. The summed E-state index contributed by atoms with van der Waals surface area (Å²) in [5.74, 6) is 1.08. The number of hydrogen-bond donors (Lipinski definition) is 1. The number of pyridine rings is 1. The molecule has 2 rings (SSSR count). The fourth-order valence-electron chi connectivity index (χ4n) is 1.88. The Kier molecular flexibility index (Phi) is 4.84. The number of benzene rings is 1. The molecule has 0 saturated carbocycles. The molecule has 1 N–H and O–H groups in total. The number of non-ortho nitro benzene ring substituents is 1. The van der Waals surface area contributed by atoms with Crippen molar-refractivity contribution in [1.29, 1.82) is 0 Å². The first-order valence-corrected chi connectivity index (χ1v) is 6.69. The molecule has 0 amide bonds. The Morgan fingerprint density at radius 2 is 2.19 bits per heavy atom. The number of aromatic nitrogens is 1. The standard InChI is InChI=1S/C15H17N3O3/c1-3-16-10-12-5-4-8-17-15(12)21-14-7-6-13(18(19)20)9-11(14)2/h4-9,16H,3,10H2,1-2H3. The van der Waals surface area contributed by atoms with Gasteiger partial charge in [0.1, 0.15) is 5.75 Å². The summed E-state index contributed by atoms with van der Waals surface area (Å²) in [6.45, 7) is 5.31. The van der Waals surface area contributed by atoms with Gasteiger partial charge in [0, 0.05) is 30.4 Å². The number of nitro groups is 1. The normalized spacial score (nSPS) is 10.4. The van der Waals surface area contributed by atoms with E-state index >= 15 is 0 Å². The van der Waals surface area contributed by atoms with Gasteiger partial charge in [-0.05, 0) is 31.2 Å². The number of aryl methyl sites for hydroxylation is 1. The van der Waals surface area contributed by atoms with Gasteiger partial charge in [0.25, 0.3) is 5.69 Å². The molecule has 0 fully saturated rings. The van der Waals surface area contributed by atoms with Gasteiger partial charge >= 0.3 is 0 Å². The van der Waals surface area contributed by atoms with Crippen LogP contribution in [0.15, 0.2) is 36.5 Å². The molecule has 0 aliphatic carbocycles. The van der Waals surface area contributed by atoms with Gasteiger partial charge in [0.15, 0.2) is 0 Å². The molecule has 0 unspecified atom stereocenters. The molecule has 1 aromatic heterocycles. The van der Waals surface area contributed by atoms with E-state index in [0.717, 1.165) is 12.1 Å². The number of nitrogens with zero attached hydrogens (tertiary/aromatic N) is 2. The minimum Gasteiger partial charge on any atom is -0.438 e. The van der Waals surface area contributed by atoms with E-state index in [1.54, 1.807) is 19.2 Å². The monoisotopic (exact) mass is 287 g/mol. The van der Waals surface area contributed by atoms with E-state index in [0.29, 0.717) is 23.7 Å². The Morgan fingerprint density at radius 1 is 1.38 bits per heavy atom. The smallest absolute Gasteiger partial charge is 0.269 e. The molecule has 0 spiro atoms. The molecule has 110 valence electrons. The van der Waals surface area contributed by atoms with E-state index < -0.39 is 4.92 Å². The summed E-state index contributed by atoms with van der Waals surface area (Å²) in [7, 11) is 0. The number of hydrogen-bond acceptors (Lipinski definition) is 5. The zero-order chi connectivity index (χ0) is 15.2. The lowest BCUT2D eigenvalue weighted by Gasteiger charge is -2.11. The first-order valence-electron chi connectivity index (χ1n) is 6.69. The number of rotatable bonds is 6. The molecule has 1 aromatic carbocycles. The topological polar surface area (TPSA) is 77.3 Å². The fraction of sp³-hybridized carbons (Fsp3) is 0.267. The van der Waals surface area contributed by atoms with Crippen LogP contribution in [0.25, 0.3) is 0 Å².